The van der Waals surface area contributed by atoms with Crippen LogP contribution < -0.4 is 4.74 Å². The summed E-state index contributed by atoms with van der Waals surface area (Å²) in [7, 11) is 1.65. The van der Waals surface area contributed by atoms with Crippen LogP contribution >= 0.6 is 0 Å². The molecule has 0 unspecified atom stereocenters. The summed E-state index contributed by atoms with van der Waals surface area (Å²) in [4.78, 5) is 19.1. The first-order valence-electron chi connectivity index (χ1n) is 9.02. The van der Waals surface area contributed by atoms with E-state index in [-0.39, 0.29) is 23.9 Å². The Labute approximate surface area is 169 Å². The quantitative estimate of drug-likeness (QED) is 0.457. The molecule has 0 atom stereocenters. The van der Waals surface area contributed by atoms with E-state index in [1.165, 1.54) is 23.3 Å². The number of ether oxygens (including phenoxy) is 1. The van der Waals surface area contributed by atoms with Crippen LogP contribution in [0.4, 0.5) is 8.78 Å². The summed E-state index contributed by atoms with van der Waals surface area (Å²) in [5.74, 6) is 0.286. The Balaban J connectivity index is 1.62. The fraction of sp³-hybridized carbons (Fsp3) is 0.190. The lowest BCUT2D eigenvalue weighted by molar-refractivity contribution is -0.0498. The van der Waals surface area contributed by atoms with E-state index in [1.807, 2.05) is 0 Å². The van der Waals surface area contributed by atoms with Gasteiger partial charge in [0, 0.05) is 13.6 Å². The number of pyridine rings is 1. The number of halogens is 2. The van der Waals surface area contributed by atoms with Gasteiger partial charge in [0.15, 0.2) is 5.76 Å². The summed E-state index contributed by atoms with van der Waals surface area (Å²) >= 11 is 0. The van der Waals surface area contributed by atoms with E-state index < -0.39 is 6.61 Å². The first-order chi connectivity index (χ1) is 14.4. The smallest absolute Gasteiger partial charge is 0.387 e. The van der Waals surface area contributed by atoms with Crippen LogP contribution in [0.1, 0.15) is 21.6 Å². The lowest BCUT2D eigenvalue weighted by Gasteiger charge is -2.18. The molecule has 154 valence electrons. The van der Waals surface area contributed by atoms with Gasteiger partial charge >= 0.3 is 6.61 Å². The molecule has 0 bridgehead atoms. The van der Waals surface area contributed by atoms with Gasteiger partial charge in [0.2, 0.25) is 0 Å². The normalized spacial score (nSPS) is 11.2. The number of benzene rings is 1. The lowest BCUT2D eigenvalue weighted by Crippen LogP contribution is -2.26. The highest BCUT2D eigenvalue weighted by molar-refractivity contribution is 6.06. The zero-order chi connectivity index (χ0) is 21.3. The number of hydrogen-bond acceptors (Lipinski definition) is 6. The highest BCUT2D eigenvalue weighted by Crippen LogP contribution is 2.28. The Morgan fingerprint density at radius 1 is 1.23 bits per heavy atom. The fourth-order valence-electron chi connectivity index (χ4n) is 3.14. The minimum atomic E-state index is -2.88. The summed E-state index contributed by atoms with van der Waals surface area (Å²) in [6, 6.07) is 11.2. The molecular weight excluding hydrogens is 396 g/mol. The third-order valence-corrected chi connectivity index (χ3v) is 4.54. The zero-order valence-electron chi connectivity index (χ0n) is 16.1. The number of fused-ring (bicyclic) bond motifs is 1. The molecule has 1 amide bonds. The Kier molecular flexibility index (Phi) is 5.18. The molecule has 7 nitrogen and oxygen atoms in total. The van der Waals surface area contributed by atoms with Crippen molar-refractivity contribution in [2.45, 2.75) is 20.1 Å². The van der Waals surface area contributed by atoms with Gasteiger partial charge in [0.05, 0.1) is 22.9 Å². The Morgan fingerprint density at radius 3 is 2.67 bits per heavy atom. The van der Waals surface area contributed by atoms with Crippen molar-refractivity contribution < 1.29 is 27.3 Å². The molecule has 0 N–H and O–H groups in total. The topological polar surface area (TPSA) is 81.6 Å². The van der Waals surface area contributed by atoms with Crippen molar-refractivity contribution in [1.29, 1.82) is 0 Å². The molecule has 0 saturated heterocycles. The van der Waals surface area contributed by atoms with Gasteiger partial charge in [-0.3, -0.25) is 4.79 Å². The van der Waals surface area contributed by atoms with Gasteiger partial charge in [0.1, 0.15) is 11.4 Å². The Morgan fingerprint density at radius 2 is 2.00 bits per heavy atom. The number of carbonyl (C=O) groups is 1. The first-order valence-corrected chi connectivity index (χ1v) is 9.02. The van der Waals surface area contributed by atoms with Crippen LogP contribution in [0, 0.1) is 6.92 Å². The standard InChI is InChI=1S/C21H17F2N3O4/c1-12-18-15(10-16(17-4-3-9-28-17)24-19(18)30-25-12)20(27)26(2)11-13-5-7-14(8-6-13)29-21(22)23/h3-10,21H,11H2,1-2H3. The number of hydrogen-bond donors (Lipinski definition) is 0. The maximum Gasteiger partial charge on any atom is 0.387 e. The second-order valence-corrected chi connectivity index (χ2v) is 6.66. The molecule has 0 spiro atoms. The lowest BCUT2D eigenvalue weighted by atomic mass is 10.1. The van der Waals surface area contributed by atoms with Crippen molar-refractivity contribution in [2.75, 3.05) is 7.05 Å². The van der Waals surface area contributed by atoms with Crippen LogP contribution in [0.5, 0.6) is 5.75 Å². The summed E-state index contributed by atoms with van der Waals surface area (Å²) in [5, 5.41) is 4.45. The Bertz CT molecular complexity index is 1170. The minimum absolute atomic E-state index is 0.0572. The van der Waals surface area contributed by atoms with Gasteiger partial charge in [0.25, 0.3) is 11.6 Å². The summed E-state index contributed by atoms with van der Waals surface area (Å²) < 4.78 is 39.6. The van der Waals surface area contributed by atoms with E-state index in [9.17, 15) is 13.6 Å². The van der Waals surface area contributed by atoms with E-state index in [0.717, 1.165) is 5.56 Å². The molecule has 0 aliphatic carbocycles. The van der Waals surface area contributed by atoms with Crippen molar-refractivity contribution in [1.82, 2.24) is 15.0 Å². The number of amides is 1. The van der Waals surface area contributed by atoms with E-state index in [1.54, 1.807) is 44.3 Å². The largest absolute Gasteiger partial charge is 0.463 e. The summed E-state index contributed by atoms with van der Waals surface area (Å²) in [6.45, 7) is -0.888. The van der Waals surface area contributed by atoms with Crippen molar-refractivity contribution >= 4 is 17.0 Å². The van der Waals surface area contributed by atoms with Gasteiger partial charge < -0.3 is 18.6 Å². The third kappa shape index (κ3) is 3.86. The zero-order valence-corrected chi connectivity index (χ0v) is 16.1. The number of alkyl halides is 2. The molecular formula is C21H17F2N3O4. The predicted octanol–water partition coefficient (Wildman–Crippen LogP) is 4.66. The maximum absolute atomic E-state index is 13.2. The molecule has 1 aromatic carbocycles. The number of nitrogens with zero attached hydrogens (tertiary/aromatic N) is 3. The first kappa shape index (κ1) is 19.6. The number of aromatic nitrogens is 2. The molecule has 3 heterocycles. The van der Waals surface area contributed by atoms with Crippen molar-refractivity contribution in [2.24, 2.45) is 0 Å². The second kappa shape index (κ2) is 7.94. The van der Waals surface area contributed by atoms with Crippen molar-refractivity contribution in [3.05, 3.63) is 65.5 Å². The van der Waals surface area contributed by atoms with Crippen molar-refractivity contribution in [3.8, 4) is 17.2 Å². The van der Waals surface area contributed by atoms with Crippen LogP contribution in [0.3, 0.4) is 0 Å². The summed E-state index contributed by atoms with van der Waals surface area (Å²) in [5.41, 5.74) is 2.38. The van der Waals surface area contributed by atoms with Crippen LogP contribution in [0.2, 0.25) is 0 Å². The monoisotopic (exact) mass is 413 g/mol. The number of rotatable bonds is 6. The highest BCUT2D eigenvalue weighted by atomic mass is 19.3. The molecule has 3 aromatic heterocycles. The second-order valence-electron chi connectivity index (χ2n) is 6.66. The van der Waals surface area contributed by atoms with Gasteiger partial charge in [-0.1, -0.05) is 17.3 Å². The molecule has 0 fully saturated rings. The molecule has 0 saturated carbocycles. The molecule has 0 aliphatic heterocycles. The van der Waals surface area contributed by atoms with Crippen molar-refractivity contribution in [3.63, 3.8) is 0 Å². The highest BCUT2D eigenvalue weighted by Gasteiger charge is 2.22. The fourth-order valence-corrected chi connectivity index (χ4v) is 3.14. The molecule has 4 rings (SSSR count). The molecule has 0 radical (unpaired) electrons. The van der Waals surface area contributed by atoms with Gasteiger partial charge in [-0.25, -0.2) is 4.98 Å². The molecule has 0 aliphatic rings. The van der Waals surface area contributed by atoms with E-state index in [4.69, 9.17) is 8.94 Å². The maximum atomic E-state index is 13.2. The average molecular weight is 413 g/mol. The SMILES string of the molecule is Cc1noc2nc(-c3ccco3)cc(C(=O)N(C)Cc3ccc(OC(F)F)cc3)c12. The summed E-state index contributed by atoms with van der Waals surface area (Å²) in [6.07, 6.45) is 1.52. The molecule has 9 heteroatoms. The minimum Gasteiger partial charge on any atom is -0.463 e. The van der Waals surface area contributed by atoms with Gasteiger partial charge in [-0.2, -0.15) is 8.78 Å². The number of carbonyl (C=O) groups excluding carboxylic acids is 1. The predicted molar refractivity (Wildman–Crippen MR) is 103 cm³/mol. The third-order valence-electron chi connectivity index (χ3n) is 4.54. The van der Waals surface area contributed by atoms with Crippen LogP contribution in [0.15, 0.2) is 57.7 Å². The Hall–Kier alpha value is -3.75. The van der Waals surface area contributed by atoms with E-state index >= 15 is 0 Å². The van der Waals surface area contributed by atoms with Crippen LogP contribution in [-0.2, 0) is 6.54 Å². The van der Waals surface area contributed by atoms with Gasteiger partial charge in [-0.05, 0) is 42.8 Å². The average Bonchev–Trinajstić information content (AvgIpc) is 3.38. The van der Waals surface area contributed by atoms with Crippen LogP contribution in [-0.4, -0.2) is 34.6 Å². The van der Waals surface area contributed by atoms with Gasteiger partial charge in [-0.15, -0.1) is 0 Å². The molecule has 4 aromatic rings. The van der Waals surface area contributed by atoms with E-state index in [0.29, 0.717) is 28.1 Å². The molecule has 30 heavy (non-hydrogen) atoms. The van der Waals surface area contributed by atoms with E-state index in [2.05, 4.69) is 14.9 Å². The van der Waals surface area contributed by atoms with Crippen LogP contribution in [0.25, 0.3) is 22.6 Å². The number of furan rings is 1. The number of aryl methyl sites for hydroxylation is 1.